The van der Waals surface area contributed by atoms with Crippen LogP contribution in [0.15, 0.2) is 82.3 Å². The second kappa shape index (κ2) is 7.49. The maximum Gasteiger partial charge on any atom is 0.159 e. The Labute approximate surface area is 166 Å². The number of hydrogen-bond donors (Lipinski definition) is 0. The molecule has 0 saturated carbocycles. The van der Waals surface area contributed by atoms with Crippen molar-refractivity contribution in [3.05, 3.63) is 100 Å². The smallest absolute Gasteiger partial charge is 0.159 e. The predicted octanol–water partition coefficient (Wildman–Crippen LogP) is 6.93. The van der Waals surface area contributed by atoms with Crippen molar-refractivity contribution in [2.24, 2.45) is 9.98 Å². The lowest BCUT2D eigenvalue weighted by Gasteiger charge is -2.10. The molecule has 0 unspecified atom stereocenters. The molecule has 0 amide bonds. The monoisotopic (exact) mass is 392 g/mol. The molecule has 138 valence electrons. The van der Waals surface area contributed by atoms with Crippen LogP contribution in [-0.4, -0.2) is 11.4 Å². The minimum Gasteiger partial charge on any atom is -0.251 e. The summed E-state index contributed by atoms with van der Waals surface area (Å²) in [6.45, 7) is 1.86. The van der Waals surface area contributed by atoms with Crippen LogP contribution in [0.3, 0.4) is 0 Å². The third-order valence-corrected chi connectivity index (χ3v) is 4.64. The highest BCUT2D eigenvalue weighted by Gasteiger charge is 2.19. The number of nitrogens with zero attached hydrogens (tertiary/aromatic N) is 2. The lowest BCUT2D eigenvalue weighted by Crippen LogP contribution is -2.11. The fourth-order valence-corrected chi connectivity index (χ4v) is 3.20. The van der Waals surface area contributed by atoms with Gasteiger partial charge in [-0.1, -0.05) is 48.0 Å². The van der Waals surface area contributed by atoms with Gasteiger partial charge in [-0.2, -0.15) is 0 Å². The Balaban J connectivity index is 1.95. The quantitative estimate of drug-likeness (QED) is 0.451. The first-order valence-electron chi connectivity index (χ1n) is 8.68. The first kappa shape index (κ1) is 18.3. The highest BCUT2D eigenvalue weighted by Crippen LogP contribution is 2.35. The summed E-state index contributed by atoms with van der Waals surface area (Å²) >= 11 is 6.12. The molecule has 1 heterocycles. The lowest BCUT2D eigenvalue weighted by molar-refractivity contribution is 0.508. The summed E-state index contributed by atoms with van der Waals surface area (Å²) in [5, 5.41) is 0.569. The summed E-state index contributed by atoms with van der Waals surface area (Å²) in [5.41, 5.74) is 4.90. The summed E-state index contributed by atoms with van der Waals surface area (Å²) < 4.78 is 27.0. The SMILES string of the molecule is CC1=Nc2cc(Cl)ccc2N=C(c2ccccc2)/C1=C/c1ccc(F)c(F)c1. The minimum absolute atomic E-state index is 0.524. The number of allylic oxidation sites excluding steroid dienone is 1. The van der Waals surface area contributed by atoms with E-state index in [-0.39, 0.29) is 0 Å². The Morgan fingerprint density at radius 2 is 1.61 bits per heavy atom. The van der Waals surface area contributed by atoms with E-state index in [1.807, 2.05) is 43.3 Å². The van der Waals surface area contributed by atoms with Crippen LogP contribution >= 0.6 is 11.6 Å². The van der Waals surface area contributed by atoms with Gasteiger partial charge in [0.05, 0.1) is 17.1 Å². The van der Waals surface area contributed by atoms with Gasteiger partial charge < -0.3 is 0 Å². The van der Waals surface area contributed by atoms with Gasteiger partial charge in [-0.05, 0) is 48.9 Å². The Bertz CT molecular complexity index is 1150. The Hall–Kier alpha value is -3.11. The van der Waals surface area contributed by atoms with Gasteiger partial charge >= 0.3 is 0 Å². The molecule has 0 spiro atoms. The molecular weight excluding hydrogens is 378 g/mol. The van der Waals surface area contributed by atoms with E-state index in [1.54, 1.807) is 18.2 Å². The molecule has 28 heavy (non-hydrogen) atoms. The highest BCUT2D eigenvalue weighted by atomic mass is 35.5. The van der Waals surface area contributed by atoms with Gasteiger partial charge in [0.2, 0.25) is 0 Å². The summed E-state index contributed by atoms with van der Waals surface area (Å²) in [6, 6.07) is 18.8. The zero-order chi connectivity index (χ0) is 19.7. The average Bonchev–Trinajstić information content (AvgIpc) is 2.82. The molecule has 0 N–H and O–H groups in total. The molecular formula is C23H15ClF2N2. The second-order valence-electron chi connectivity index (χ2n) is 6.39. The summed E-state index contributed by atoms with van der Waals surface area (Å²) in [5.74, 6) is -1.78. The first-order chi connectivity index (χ1) is 13.5. The van der Waals surface area contributed by atoms with Crippen molar-refractivity contribution >= 4 is 40.5 Å². The van der Waals surface area contributed by atoms with Gasteiger partial charge in [0.1, 0.15) is 0 Å². The molecule has 0 radical (unpaired) electrons. The van der Waals surface area contributed by atoms with Crippen molar-refractivity contribution < 1.29 is 8.78 Å². The van der Waals surface area contributed by atoms with Gasteiger partial charge in [0.15, 0.2) is 11.6 Å². The molecule has 0 saturated heterocycles. The van der Waals surface area contributed by atoms with E-state index in [0.717, 1.165) is 23.3 Å². The van der Waals surface area contributed by atoms with E-state index in [9.17, 15) is 8.78 Å². The molecule has 0 aliphatic carbocycles. The van der Waals surface area contributed by atoms with Crippen LogP contribution in [0, 0.1) is 11.6 Å². The van der Waals surface area contributed by atoms with Crippen LogP contribution in [-0.2, 0) is 0 Å². The second-order valence-corrected chi connectivity index (χ2v) is 6.82. The zero-order valence-corrected chi connectivity index (χ0v) is 15.7. The normalized spacial score (nSPS) is 14.9. The van der Waals surface area contributed by atoms with E-state index >= 15 is 0 Å². The van der Waals surface area contributed by atoms with Gasteiger partial charge in [-0.25, -0.2) is 13.8 Å². The van der Waals surface area contributed by atoms with Crippen molar-refractivity contribution in [1.82, 2.24) is 0 Å². The minimum atomic E-state index is -0.897. The van der Waals surface area contributed by atoms with Crippen LogP contribution in [0.5, 0.6) is 0 Å². The largest absolute Gasteiger partial charge is 0.251 e. The number of hydrogen-bond acceptors (Lipinski definition) is 2. The molecule has 0 atom stereocenters. The fraction of sp³-hybridized carbons (Fsp3) is 0.0435. The van der Waals surface area contributed by atoms with Crippen LogP contribution in [0.4, 0.5) is 20.2 Å². The van der Waals surface area contributed by atoms with Gasteiger partial charge in [0, 0.05) is 21.9 Å². The number of aliphatic imine (C=N–C) groups is 2. The van der Waals surface area contributed by atoms with Crippen LogP contribution in [0.2, 0.25) is 5.02 Å². The molecule has 1 aliphatic heterocycles. The van der Waals surface area contributed by atoms with Crippen LogP contribution < -0.4 is 0 Å². The van der Waals surface area contributed by atoms with E-state index in [1.165, 1.54) is 6.07 Å². The standard InChI is InChI=1S/C23H15ClF2N2/c1-14-18(11-15-7-9-19(25)20(26)12-15)23(16-5-3-2-4-6-16)28-21-10-8-17(24)13-22(21)27-14/h2-13H,1H3/b18-11+. The molecule has 0 bridgehead atoms. The van der Waals surface area contributed by atoms with Gasteiger partial charge in [-0.3, -0.25) is 4.99 Å². The molecule has 4 rings (SSSR count). The van der Waals surface area contributed by atoms with Crippen molar-refractivity contribution in [2.75, 3.05) is 0 Å². The Morgan fingerprint density at radius 3 is 2.36 bits per heavy atom. The molecule has 2 nitrogen and oxygen atoms in total. The Morgan fingerprint density at radius 1 is 0.821 bits per heavy atom. The molecule has 3 aromatic rings. The van der Waals surface area contributed by atoms with Crippen molar-refractivity contribution in [2.45, 2.75) is 6.92 Å². The molecule has 0 fully saturated rings. The maximum absolute atomic E-state index is 13.7. The summed E-state index contributed by atoms with van der Waals surface area (Å²) in [7, 11) is 0. The van der Waals surface area contributed by atoms with Crippen molar-refractivity contribution in [3.63, 3.8) is 0 Å². The van der Waals surface area contributed by atoms with Crippen LogP contribution in [0.1, 0.15) is 18.1 Å². The number of fused-ring (bicyclic) bond motifs is 1. The van der Waals surface area contributed by atoms with Crippen LogP contribution in [0.25, 0.3) is 6.08 Å². The van der Waals surface area contributed by atoms with Crippen molar-refractivity contribution in [3.8, 4) is 0 Å². The average molecular weight is 393 g/mol. The predicted molar refractivity (Wildman–Crippen MR) is 111 cm³/mol. The number of halogens is 3. The van der Waals surface area contributed by atoms with Gasteiger partial charge in [0.25, 0.3) is 0 Å². The molecule has 0 aromatic heterocycles. The Kier molecular flexibility index (Phi) is 4.88. The van der Waals surface area contributed by atoms with E-state index in [2.05, 4.69) is 4.99 Å². The fourth-order valence-electron chi connectivity index (χ4n) is 3.03. The van der Waals surface area contributed by atoms with E-state index < -0.39 is 11.6 Å². The number of rotatable bonds is 2. The maximum atomic E-state index is 13.7. The molecule has 3 aromatic carbocycles. The third kappa shape index (κ3) is 3.64. The molecule has 5 heteroatoms. The van der Waals surface area contributed by atoms with Crippen molar-refractivity contribution in [1.29, 1.82) is 0 Å². The third-order valence-electron chi connectivity index (χ3n) is 4.40. The zero-order valence-electron chi connectivity index (χ0n) is 15.0. The van der Waals surface area contributed by atoms with E-state index in [4.69, 9.17) is 16.6 Å². The van der Waals surface area contributed by atoms with Gasteiger partial charge in [-0.15, -0.1) is 0 Å². The highest BCUT2D eigenvalue weighted by molar-refractivity contribution is 6.34. The topological polar surface area (TPSA) is 24.7 Å². The lowest BCUT2D eigenvalue weighted by atomic mass is 9.96. The first-order valence-corrected chi connectivity index (χ1v) is 9.05. The molecule has 1 aliphatic rings. The summed E-state index contributed by atoms with van der Waals surface area (Å²) in [6.07, 6.45) is 1.76. The number of benzene rings is 3. The summed E-state index contributed by atoms with van der Waals surface area (Å²) in [4.78, 5) is 9.50. The van der Waals surface area contributed by atoms with E-state index in [0.29, 0.717) is 33.4 Å².